The lowest BCUT2D eigenvalue weighted by molar-refractivity contribution is 0.565. The van der Waals surface area contributed by atoms with Gasteiger partial charge in [-0.05, 0) is 39.3 Å². The summed E-state index contributed by atoms with van der Waals surface area (Å²) in [7, 11) is 0. The summed E-state index contributed by atoms with van der Waals surface area (Å²) < 4.78 is 5.69. The number of rotatable bonds is 7. The molecule has 3 aromatic rings. The van der Waals surface area contributed by atoms with Crippen LogP contribution < -0.4 is 15.6 Å². The second-order valence-corrected chi connectivity index (χ2v) is 6.52. The number of anilines is 3. The number of aromatic nitrogens is 2. The highest BCUT2D eigenvalue weighted by atomic mass is 16.3. The van der Waals surface area contributed by atoms with Gasteiger partial charge in [-0.3, -0.25) is 4.79 Å². The van der Waals surface area contributed by atoms with Crippen molar-refractivity contribution in [2.24, 2.45) is 0 Å². The van der Waals surface area contributed by atoms with Crippen LogP contribution in [0.15, 0.2) is 39.5 Å². The summed E-state index contributed by atoms with van der Waals surface area (Å²) in [6.45, 7) is 9.92. The molecular weight excluding hydrogens is 340 g/mol. The first kappa shape index (κ1) is 18.9. The molecule has 1 N–H and O–H groups in total. The van der Waals surface area contributed by atoms with Crippen molar-refractivity contribution in [3.05, 3.63) is 52.0 Å². The van der Waals surface area contributed by atoms with Crippen LogP contribution in [-0.2, 0) is 6.42 Å². The highest BCUT2D eigenvalue weighted by molar-refractivity contribution is 5.81. The van der Waals surface area contributed by atoms with Gasteiger partial charge in [0.05, 0.1) is 5.39 Å². The molecule has 0 fully saturated rings. The fourth-order valence-electron chi connectivity index (χ4n) is 3.12. The van der Waals surface area contributed by atoms with Gasteiger partial charge in [0.1, 0.15) is 17.2 Å². The Balaban J connectivity index is 1.98. The largest absolute Gasteiger partial charge is 0.461 e. The monoisotopic (exact) mass is 366 g/mol. The van der Waals surface area contributed by atoms with Gasteiger partial charge in [-0.25, -0.2) is 4.98 Å². The second kappa shape index (κ2) is 8.20. The lowest BCUT2D eigenvalue weighted by Crippen LogP contribution is -2.23. The third kappa shape index (κ3) is 4.27. The van der Waals surface area contributed by atoms with Crippen LogP contribution in [0.3, 0.4) is 0 Å². The minimum absolute atomic E-state index is 0.0367. The molecule has 0 unspecified atom stereocenters. The summed E-state index contributed by atoms with van der Waals surface area (Å²) in [6.07, 6.45) is 1.92. The molecular formula is C21H26N4O2. The smallest absolute Gasteiger partial charge is 0.229 e. The van der Waals surface area contributed by atoms with Crippen molar-refractivity contribution < 1.29 is 4.42 Å². The highest BCUT2D eigenvalue weighted by Gasteiger charge is 2.10. The molecule has 6 nitrogen and oxygen atoms in total. The first-order valence-electron chi connectivity index (χ1n) is 9.48. The van der Waals surface area contributed by atoms with Crippen LogP contribution in [0.2, 0.25) is 0 Å². The molecule has 0 spiro atoms. The van der Waals surface area contributed by atoms with E-state index in [1.807, 2.05) is 12.1 Å². The van der Waals surface area contributed by atoms with E-state index < -0.39 is 0 Å². The van der Waals surface area contributed by atoms with E-state index in [0.29, 0.717) is 22.7 Å². The van der Waals surface area contributed by atoms with E-state index in [2.05, 4.69) is 47.0 Å². The first-order valence-corrected chi connectivity index (χ1v) is 9.48. The van der Waals surface area contributed by atoms with E-state index in [9.17, 15) is 4.79 Å². The molecule has 0 saturated heterocycles. The molecule has 0 saturated carbocycles. The SMILES string of the molecule is CCCc1cc(N(CC)CC)nc(Nc2ccc3c(=O)cc(C)oc3c2)n1. The maximum atomic E-state index is 12.1. The van der Waals surface area contributed by atoms with Crippen LogP contribution in [-0.4, -0.2) is 23.1 Å². The Kier molecular flexibility index (Phi) is 5.74. The summed E-state index contributed by atoms with van der Waals surface area (Å²) >= 11 is 0. The van der Waals surface area contributed by atoms with Gasteiger partial charge in [-0.1, -0.05) is 13.3 Å². The molecule has 0 aliphatic rings. The zero-order chi connectivity index (χ0) is 19.4. The summed E-state index contributed by atoms with van der Waals surface area (Å²) in [5.74, 6) is 2.07. The third-order valence-electron chi connectivity index (χ3n) is 4.47. The highest BCUT2D eigenvalue weighted by Crippen LogP contribution is 2.22. The summed E-state index contributed by atoms with van der Waals surface area (Å²) in [5.41, 5.74) is 2.32. The van der Waals surface area contributed by atoms with Crippen LogP contribution >= 0.6 is 0 Å². The van der Waals surface area contributed by atoms with Gasteiger partial charge in [-0.2, -0.15) is 4.98 Å². The van der Waals surface area contributed by atoms with Gasteiger partial charge in [0.15, 0.2) is 5.43 Å². The fraction of sp³-hybridized carbons (Fsp3) is 0.381. The molecule has 0 aliphatic carbocycles. The zero-order valence-electron chi connectivity index (χ0n) is 16.4. The van der Waals surface area contributed by atoms with Gasteiger partial charge in [0, 0.05) is 42.7 Å². The molecule has 2 heterocycles. The van der Waals surface area contributed by atoms with Crippen LogP contribution in [0.1, 0.15) is 38.6 Å². The van der Waals surface area contributed by atoms with Gasteiger partial charge in [-0.15, -0.1) is 0 Å². The number of fused-ring (bicyclic) bond motifs is 1. The molecule has 0 aliphatic heterocycles. The van der Waals surface area contributed by atoms with Crippen LogP contribution in [0.4, 0.5) is 17.5 Å². The van der Waals surface area contributed by atoms with Gasteiger partial charge >= 0.3 is 0 Å². The van der Waals surface area contributed by atoms with Crippen molar-refractivity contribution in [1.82, 2.24) is 9.97 Å². The van der Waals surface area contributed by atoms with Crippen molar-refractivity contribution in [1.29, 1.82) is 0 Å². The predicted octanol–water partition coefficient (Wildman–Crippen LogP) is 4.43. The van der Waals surface area contributed by atoms with E-state index >= 15 is 0 Å². The Morgan fingerprint density at radius 1 is 1.07 bits per heavy atom. The Hall–Kier alpha value is -2.89. The Morgan fingerprint density at radius 2 is 1.85 bits per heavy atom. The topological polar surface area (TPSA) is 71.3 Å². The van der Waals surface area contributed by atoms with Gasteiger partial charge < -0.3 is 14.6 Å². The summed E-state index contributed by atoms with van der Waals surface area (Å²) in [5, 5.41) is 3.83. The Bertz CT molecular complexity index is 993. The summed E-state index contributed by atoms with van der Waals surface area (Å²) in [4.78, 5) is 23.6. The molecule has 2 aromatic heterocycles. The van der Waals surface area contributed by atoms with Crippen molar-refractivity contribution >= 4 is 28.4 Å². The number of nitrogens with zero attached hydrogens (tertiary/aromatic N) is 3. The Labute approximate surface area is 159 Å². The lowest BCUT2D eigenvalue weighted by Gasteiger charge is -2.21. The third-order valence-corrected chi connectivity index (χ3v) is 4.47. The fourth-order valence-corrected chi connectivity index (χ4v) is 3.12. The van der Waals surface area contributed by atoms with Crippen LogP contribution in [0, 0.1) is 6.92 Å². The Morgan fingerprint density at radius 3 is 2.56 bits per heavy atom. The molecule has 27 heavy (non-hydrogen) atoms. The maximum absolute atomic E-state index is 12.1. The predicted molar refractivity (Wildman–Crippen MR) is 110 cm³/mol. The minimum Gasteiger partial charge on any atom is -0.461 e. The normalized spacial score (nSPS) is 11.0. The quantitative estimate of drug-likeness (QED) is 0.667. The number of aryl methyl sites for hydroxylation is 2. The van der Waals surface area contributed by atoms with Gasteiger partial charge in [0.2, 0.25) is 5.95 Å². The molecule has 0 bridgehead atoms. The van der Waals surface area contributed by atoms with E-state index in [4.69, 9.17) is 4.42 Å². The van der Waals surface area contributed by atoms with Crippen molar-refractivity contribution in [3.63, 3.8) is 0 Å². The van der Waals surface area contributed by atoms with Crippen molar-refractivity contribution in [3.8, 4) is 0 Å². The number of benzene rings is 1. The van der Waals surface area contributed by atoms with E-state index in [0.717, 1.165) is 43.1 Å². The van der Waals surface area contributed by atoms with E-state index in [-0.39, 0.29) is 5.43 Å². The number of hydrogen-bond acceptors (Lipinski definition) is 6. The average molecular weight is 366 g/mol. The van der Waals surface area contributed by atoms with E-state index in [1.165, 1.54) is 6.07 Å². The molecule has 6 heteroatoms. The van der Waals surface area contributed by atoms with E-state index in [1.54, 1.807) is 13.0 Å². The average Bonchev–Trinajstić information content (AvgIpc) is 2.62. The molecule has 3 rings (SSSR count). The molecule has 0 radical (unpaired) electrons. The maximum Gasteiger partial charge on any atom is 0.229 e. The first-order chi connectivity index (χ1) is 13.0. The zero-order valence-corrected chi connectivity index (χ0v) is 16.4. The van der Waals surface area contributed by atoms with Gasteiger partial charge in [0.25, 0.3) is 0 Å². The number of nitrogens with one attached hydrogen (secondary N) is 1. The minimum atomic E-state index is -0.0367. The molecule has 0 amide bonds. The van der Waals surface area contributed by atoms with Crippen LogP contribution in [0.5, 0.6) is 0 Å². The van der Waals surface area contributed by atoms with Crippen molar-refractivity contribution in [2.45, 2.75) is 40.5 Å². The standard InChI is InChI=1S/C21H26N4O2/c1-5-8-15-13-20(25(6-2)7-3)24-21(22-15)23-16-9-10-17-18(26)11-14(4)27-19(17)12-16/h9-13H,5-8H2,1-4H3,(H,22,23,24). The molecule has 0 atom stereocenters. The molecule has 142 valence electrons. The lowest BCUT2D eigenvalue weighted by atomic mass is 10.2. The van der Waals surface area contributed by atoms with Crippen molar-refractivity contribution in [2.75, 3.05) is 23.3 Å². The molecule has 1 aromatic carbocycles. The summed E-state index contributed by atoms with van der Waals surface area (Å²) in [6, 6.07) is 9.00. The number of hydrogen-bond donors (Lipinski definition) is 1. The second-order valence-electron chi connectivity index (χ2n) is 6.52. The van der Waals surface area contributed by atoms with Crippen LogP contribution in [0.25, 0.3) is 11.0 Å².